The molecule has 0 spiro atoms. The van der Waals surface area contributed by atoms with Gasteiger partial charge in [0.2, 0.25) is 5.91 Å². The molecule has 2 atom stereocenters. The zero-order valence-electron chi connectivity index (χ0n) is 14.9. The minimum atomic E-state index is -1.04. The van der Waals surface area contributed by atoms with Crippen LogP contribution in [0.25, 0.3) is 0 Å². The molecule has 2 aromatic carbocycles. The van der Waals surface area contributed by atoms with E-state index in [0.717, 1.165) is 16.5 Å². The van der Waals surface area contributed by atoms with Crippen LogP contribution >= 0.6 is 0 Å². The average molecular weight is 381 g/mol. The molecule has 2 aliphatic heterocycles. The van der Waals surface area contributed by atoms with E-state index in [0.29, 0.717) is 5.69 Å². The number of anilines is 2. The number of halogens is 1. The normalized spacial score (nSPS) is 20.6. The maximum atomic E-state index is 13.5. The van der Waals surface area contributed by atoms with Crippen molar-refractivity contribution in [1.82, 2.24) is 5.01 Å². The van der Waals surface area contributed by atoms with E-state index in [9.17, 15) is 18.8 Å². The molecule has 1 saturated heterocycles. The zero-order valence-corrected chi connectivity index (χ0v) is 14.9. The Morgan fingerprint density at radius 2 is 1.89 bits per heavy atom. The lowest BCUT2D eigenvalue weighted by molar-refractivity contribution is -0.123. The van der Waals surface area contributed by atoms with Gasteiger partial charge in [-0.15, -0.1) is 0 Å². The van der Waals surface area contributed by atoms with Crippen LogP contribution in [0.3, 0.4) is 0 Å². The number of imide groups is 1. The molecular formula is C19H16FN5O3. The molecule has 0 aliphatic carbocycles. The van der Waals surface area contributed by atoms with E-state index in [1.165, 1.54) is 23.2 Å². The summed E-state index contributed by atoms with van der Waals surface area (Å²) in [4.78, 5) is 38.6. The summed E-state index contributed by atoms with van der Waals surface area (Å²) < 4.78 is 13.5. The van der Waals surface area contributed by atoms with Gasteiger partial charge in [0.05, 0.1) is 5.69 Å². The van der Waals surface area contributed by atoms with Crippen LogP contribution in [0.2, 0.25) is 0 Å². The number of carbonyl (C=O) groups excluding carboxylic acids is 3. The fourth-order valence-corrected chi connectivity index (χ4v) is 3.21. The highest BCUT2D eigenvalue weighted by Crippen LogP contribution is 2.31. The van der Waals surface area contributed by atoms with Crippen LogP contribution in [0.1, 0.15) is 5.56 Å². The van der Waals surface area contributed by atoms with Crippen molar-refractivity contribution in [2.75, 3.05) is 16.8 Å². The molecule has 0 radical (unpaired) electrons. The average Bonchev–Trinajstić information content (AvgIpc) is 3.17. The molecular weight excluding hydrogens is 365 g/mol. The molecule has 1 N–H and O–H groups in total. The van der Waals surface area contributed by atoms with Gasteiger partial charge in [-0.3, -0.25) is 19.4 Å². The number of hydrogen-bond acceptors (Lipinski definition) is 6. The maximum absolute atomic E-state index is 13.5. The van der Waals surface area contributed by atoms with Gasteiger partial charge in [-0.25, -0.2) is 9.29 Å². The fourth-order valence-electron chi connectivity index (χ4n) is 3.21. The number of nitrogens with zero attached hydrogens (tertiary/aromatic N) is 4. The first kappa shape index (κ1) is 17.8. The van der Waals surface area contributed by atoms with Gasteiger partial charge >= 0.3 is 0 Å². The Hall–Kier alpha value is -3.62. The number of fused-ring (bicyclic) bond motifs is 1. The third-order valence-corrected chi connectivity index (χ3v) is 4.57. The number of carbonyl (C=O) groups is 3. The van der Waals surface area contributed by atoms with E-state index in [-0.39, 0.29) is 12.2 Å². The molecule has 8 nitrogen and oxygen atoms in total. The summed E-state index contributed by atoms with van der Waals surface area (Å²) in [6.45, 7) is 1.69. The summed E-state index contributed by atoms with van der Waals surface area (Å²) in [6.07, 6.45) is 0. The predicted molar refractivity (Wildman–Crippen MR) is 97.8 cm³/mol. The fraction of sp³-hybridized carbons (Fsp3) is 0.211. The predicted octanol–water partition coefficient (Wildman–Crippen LogP) is 2.07. The van der Waals surface area contributed by atoms with Crippen LogP contribution in [0.5, 0.6) is 0 Å². The lowest BCUT2D eigenvalue weighted by Crippen LogP contribution is -2.43. The van der Waals surface area contributed by atoms with E-state index < -0.39 is 35.6 Å². The highest BCUT2D eigenvalue weighted by molar-refractivity contribution is 6.25. The van der Waals surface area contributed by atoms with E-state index in [1.807, 2.05) is 19.1 Å². The van der Waals surface area contributed by atoms with E-state index in [4.69, 9.17) is 0 Å². The standard InChI is InChI=1S/C19H16FN5O3/c1-11-5-7-13(8-6-11)21-15(26)10-24-17-16(22-23-24)18(27)25(19(17)28)14-4-2-3-12(20)9-14/h2-9,16-17H,10H2,1H3,(H,21,26)/t16-,17-/m1/s1. The Kier molecular flexibility index (Phi) is 4.34. The molecule has 2 aliphatic rings. The van der Waals surface area contributed by atoms with Crippen molar-refractivity contribution >= 4 is 29.1 Å². The Bertz CT molecular complexity index is 991. The van der Waals surface area contributed by atoms with Crippen molar-refractivity contribution in [1.29, 1.82) is 0 Å². The molecule has 0 aromatic heterocycles. The van der Waals surface area contributed by atoms with Crippen molar-refractivity contribution < 1.29 is 18.8 Å². The monoisotopic (exact) mass is 381 g/mol. The number of benzene rings is 2. The quantitative estimate of drug-likeness (QED) is 0.821. The molecule has 142 valence electrons. The van der Waals surface area contributed by atoms with Crippen molar-refractivity contribution in [2.45, 2.75) is 19.0 Å². The Morgan fingerprint density at radius 1 is 1.14 bits per heavy atom. The summed E-state index contributed by atoms with van der Waals surface area (Å²) in [6, 6.07) is 10.4. The molecule has 2 heterocycles. The van der Waals surface area contributed by atoms with Gasteiger partial charge in [0.1, 0.15) is 12.4 Å². The highest BCUT2D eigenvalue weighted by atomic mass is 19.1. The molecule has 9 heteroatoms. The topological polar surface area (TPSA) is 94.4 Å². The van der Waals surface area contributed by atoms with Gasteiger partial charge in [-0.05, 0) is 37.3 Å². The van der Waals surface area contributed by atoms with Crippen LogP contribution in [0.4, 0.5) is 15.8 Å². The first-order valence-corrected chi connectivity index (χ1v) is 8.61. The van der Waals surface area contributed by atoms with Crippen LogP contribution in [-0.2, 0) is 14.4 Å². The van der Waals surface area contributed by atoms with Gasteiger partial charge in [0, 0.05) is 5.69 Å². The first-order chi connectivity index (χ1) is 13.4. The summed E-state index contributed by atoms with van der Waals surface area (Å²) in [5.41, 5.74) is 1.80. The molecule has 28 heavy (non-hydrogen) atoms. The van der Waals surface area contributed by atoms with Crippen molar-refractivity contribution in [3.8, 4) is 0 Å². The lowest BCUT2D eigenvalue weighted by atomic mass is 10.1. The van der Waals surface area contributed by atoms with E-state index >= 15 is 0 Å². The number of amides is 3. The summed E-state index contributed by atoms with van der Waals surface area (Å²) in [5, 5.41) is 11.6. The maximum Gasteiger partial charge on any atom is 0.263 e. The van der Waals surface area contributed by atoms with Crippen LogP contribution < -0.4 is 10.2 Å². The van der Waals surface area contributed by atoms with E-state index in [2.05, 4.69) is 15.7 Å². The van der Waals surface area contributed by atoms with Gasteiger partial charge in [-0.2, -0.15) is 5.11 Å². The van der Waals surface area contributed by atoms with Crippen molar-refractivity contribution in [2.24, 2.45) is 10.3 Å². The number of hydrogen-bond donors (Lipinski definition) is 1. The Morgan fingerprint density at radius 3 is 2.61 bits per heavy atom. The Labute approximate surface area is 159 Å². The molecule has 2 aromatic rings. The SMILES string of the molecule is Cc1ccc(NC(=O)CN2N=N[C@H]3C(=O)N(c4cccc(F)c4)C(=O)[C@@H]32)cc1. The molecule has 0 bridgehead atoms. The van der Waals surface area contributed by atoms with Gasteiger partial charge in [0.15, 0.2) is 12.1 Å². The minimum Gasteiger partial charge on any atom is -0.324 e. The summed E-state index contributed by atoms with van der Waals surface area (Å²) in [5.74, 6) is -2.14. The highest BCUT2D eigenvalue weighted by Gasteiger charge is 2.55. The van der Waals surface area contributed by atoms with Crippen LogP contribution in [-0.4, -0.2) is 41.4 Å². The third-order valence-electron chi connectivity index (χ3n) is 4.57. The van der Waals surface area contributed by atoms with Crippen molar-refractivity contribution in [3.63, 3.8) is 0 Å². The molecule has 0 unspecified atom stereocenters. The van der Waals surface area contributed by atoms with Crippen LogP contribution in [0.15, 0.2) is 58.9 Å². The molecule has 0 saturated carbocycles. The summed E-state index contributed by atoms with van der Waals surface area (Å²) in [7, 11) is 0. The molecule has 1 fully saturated rings. The lowest BCUT2D eigenvalue weighted by Gasteiger charge is -2.20. The van der Waals surface area contributed by atoms with Gasteiger partial charge in [-0.1, -0.05) is 29.0 Å². The first-order valence-electron chi connectivity index (χ1n) is 8.61. The second-order valence-electron chi connectivity index (χ2n) is 6.60. The zero-order chi connectivity index (χ0) is 19.8. The van der Waals surface area contributed by atoms with Crippen LogP contribution in [0, 0.1) is 12.7 Å². The van der Waals surface area contributed by atoms with Gasteiger partial charge < -0.3 is 5.32 Å². The second-order valence-corrected chi connectivity index (χ2v) is 6.60. The molecule has 3 amide bonds. The number of aryl methyl sites for hydroxylation is 1. The minimum absolute atomic E-state index is 0.128. The largest absolute Gasteiger partial charge is 0.324 e. The van der Waals surface area contributed by atoms with Gasteiger partial charge in [0.25, 0.3) is 11.8 Å². The Balaban J connectivity index is 1.49. The second kappa shape index (κ2) is 6.84. The smallest absolute Gasteiger partial charge is 0.263 e. The number of rotatable bonds is 4. The van der Waals surface area contributed by atoms with Crippen molar-refractivity contribution in [3.05, 3.63) is 59.9 Å². The third kappa shape index (κ3) is 3.11. The van der Waals surface area contributed by atoms with E-state index in [1.54, 1.807) is 12.1 Å². The summed E-state index contributed by atoms with van der Waals surface area (Å²) >= 11 is 0. The number of nitrogens with one attached hydrogen (secondary N) is 1. The molecule has 4 rings (SSSR count).